The van der Waals surface area contributed by atoms with Gasteiger partial charge in [-0.2, -0.15) is 4.98 Å². The molecule has 0 bridgehead atoms. The normalized spacial score (nSPS) is 22.1. The first-order chi connectivity index (χ1) is 9.76. The van der Waals surface area contributed by atoms with Gasteiger partial charge in [0.05, 0.1) is 26.2 Å². The summed E-state index contributed by atoms with van der Waals surface area (Å²) in [5, 5.41) is 4.01. The highest BCUT2D eigenvalue weighted by Crippen LogP contribution is 2.23. The Morgan fingerprint density at radius 3 is 3.05 bits per heavy atom. The molecule has 1 aliphatic heterocycles. The lowest BCUT2D eigenvalue weighted by molar-refractivity contribution is 0.187. The summed E-state index contributed by atoms with van der Waals surface area (Å²) in [7, 11) is 1.65. The second kappa shape index (κ2) is 5.60. The third kappa shape index (κ3) is 2.66. The van der Waals surface area contributed by atoms with Gasteiger partial charge in [-0.05, 0) is 17.7 Å². The van der Waals surface area contributed by atoms with Gasteiger partial charge in [-0.3, -0.25) is 0 Å². The van der Waals surface area contributed by atoms with Gasteiger partial charge in [-0.1, -0.05) is 17.3 Å². The van der Waals surface area contributed by atoms with Crippen molar-refractivity contribution in [1.29, 1.82) is 0 Å². The van der Waals surface area contributed by atoms with Crippen LogP contribution in [0.3, 0.4) is 0 Å². The molecule has 0 aliphatic carbocycles. The van der Waals surface area contributed by atoms with Crippen molar-refractivity contribution >= 4 is 0 Å². The Morgan fingerprint density at radius 2 is 2.30 bits per heavy atom. The van der Waals surface area contributed by atoms with Crippen LogP contribution in [0.4, 0.5) is 0 Å². The van der Waals surface area contributed by atoms with Crippen molar-refractivity contribution in [1.82, 2.24) is 10.1 Å². The molecule has 6 heteroatoms. The van der Waals surface area contributed by atoms with Gasteiger partial charge >= 0.3 is 0 Å². The van der Waals surface area contributed by atoms with Crippen LogP contribution in [0.25, 0.3) is 0 Å². The topological polar surface area (TPSA) is 83.4 Å². The highest BCUT2D eigenvalue weighted by atomic mass is 16.5. The second-order valence-corrected chi connectivity index (χ2v) is 4.88. The van der Waals surface area contributed by atoms with Gasteiger partial charge in [-0.25, -0.2) is 0 Å². The number of ether oxygens (including phenoxy) is 2. The Labute approximate surface area is 116 Å². The van der Waals surface area contributed by atoms with E-state index in [4.69, 9.17) is 19.7 Å². The lowest BCUT2D eigenvalue weighted by Gasteiger charge is -2.06. The zero-order chi connectivity index (χ0) is 13.9. The summed E-state index contributed by atoms with van der Waals surface area (Å²) < 4.78 is 15.8. The van der Waals surface area contributed by atoms with Crippen LogP contribution in [-0.4, -0.2) is 36.5 Å². The lowest BCUT2D eigenvalue weighted by Crippen LogP contribution is -2.27. The number of hydrogen-bond acceptors (Lipinski definition) is 6. The largest absolute Gasteiger partial charge is 0.497 e. The summed E-state index contributed by atoms with van der Waals surface area (Å²) in [5.74, 6) is 2.03. The average Bonchev–Trinajstić information content (AvgIpc) is 3.08. The molecule has 2 unspecified atom stereocenters. The molecular weight excluding hydrogens is 258 g/mol. The quantitative estimate of drug-likeness (QED) is 0.900. The zero-order valence-electron chi connectivity index (χ0n) is 11.3. The number of benzene rings is 1. The summed E-state index contributed by atoms with van der Waals surface area (Å²) >= 11 is 0. The molecule has 0 radical (unpaired) electrons. The maximum absolute atomic E-state index is 5.94. The predicted molar refractivity (Wildman–Crippen MR) is 71.6 cm³/mol. The van der Waals surface area contributed by atoms with Crippen molar-refractivity contribution in [2.45, 2.75) is 18.4 Å². The molecule has 0 amide bonds. The van der Waals surface area contributed by atoms with Crippen LogP contribution in [0.5, 0.6) is 5.75 Å². The van der Waals surface area contributed by atoms with Crippen LogP contribution in [-0.2, 0) is 11.2 Å². The minimum Gasteiger partial charge on any atom is -0.497 e. The Hall–Kier alpha value is -1.92. The van der Waals surface area contributed by atoms with E-state index in [0.717, 1.165) is 11.3 Å². The molecule has 2 N–H and O–H groups in total. The van der Waals surface area contributed by atoms with Gasteiger partial charge < -0.3 is 19.7 Å². The van der Waals surface area contributed by atoms with Gasteiger partial charge in [0.25, 0.3) is 0 Å². The van der Waals surface area contributed by atoms with E-state index in [1.54, 1.807) is 7.11 Å². The molecule has 0 saturated carbocycles. The van der Waals surface area contributed by atoms with Crippen LogP contribution >= 0.6 is 0 Å². The number of nitrogens with two attached hydrogens (primary N) is 1. The average molecular weight is 275 g/mol. The van der Waals surface area contributed by atoms with Crippen LogP contribution in [0, 0.1) is 0 Å². The third-order valence-corrected chi connectivity index (χ3v) is 3.42. The molecule has 1 saturated heterocycles. The fourth-order valence-electron chi connectivity index (χ4n) is 2.28. The molecule has 6 nitrogen and oxygen atoms in total. The van der Waals surface area contributed by atoms with E-state index >= 15 is 0 Å². The SMILES string of the molecule is COc1cccc(Cc2noc(C3COCC3N)n2)c1. The van der Waals surface area contributed by atoms with E-state index in [2.05, 4.69) is 10.1 Å². The van der Waals surface area contributed by atoms with Gasteiger partial charge in [0.15, 0.2) is 5.82 Å². The molecule has 20 heavy (non-hydrogen) atoms. The van der Waals surface area contributed by atoms with Gasteiger partial charge in [0.1, 0.15) is 5.75 Å². The number of methoxy groups -OCH3 is 1. The van der Waals surface area contributed by atoms with Gasteiger partial charge in [-0.15, -0.1) is 0 Å². The highest BCUT2D eigenvalue weighted by molar-refractivity contribution is 5.30. The standard InChI is InChI=1S/C14H17N3O3/c1-18-10-4-2-3-9(5-10)6-13-16-14(20-17-13)11-7-19-8-12(11)15/h2-5,11-12H,6-8,15H2,1H3. The Kier molecular flexibility index (Phi) is 3.66. The Bertz CT molecular complexity index is 585. The first-order valence-corrected chi connectivity index (χ1v) is 6.55. The van der Waals surface area contributed by atoms with E-state index in [1.807, 2.05) is 24.3 Å². The summed E-state index contributed by atoms with van der Waals surface area (Å²) in [6, 6.07) is 7.74. The predicted octanol–water partition coefficient (Wildman–Crippen LogP) is 1.11. The smallest absolute Gasteiger partial charge is 0.233 e. The molecule has 1 fully saturated rings. The van der Waals surface area contributed by atoms with E-state index in [9.17, 15) is 0 Å². The molecule has 106 valence electrons. The van der Waals surface area contributed by atoms with E-state index in [0.29, 0.717) is 31.3 Å². The molecule has 1 aromatic heterocycles. The van der Waals surface area contributed by atoms with Crippen LogP contribution in [0.1, 0.15) is 23.2 Å². The summed E-state index contributed by atoms with van der Waals surface area (Å²) in [5.41, 5.74) is 7.01. The molecule has 1 aliphatic rings. The maximum Gasteiger partial charge on any atom is 0.233 e. The monoisotopic (exact) mass is 275 g/mol. The van der Waals surface area contributed by atoms with E-state index < -0.39 is 0 Å². The lowest BCUT2D eigenvalue weighted by atomic mass is 10.1. The van der Waals surface area contributed by atoms with Crippen LogP contribution in [0.2, 0.25) is 0 Å². The number of nitrogens with zero attached hydrogens (tertiary/aromatic N) is 2. The van der Waals surface area contributed by atoms with Crippen molar-refractivity contribution in [3.8, 4) is 5.75 Å². The number of rotatable bonds is 4. The summed E-state index contributed by atoms with van der Waals surface area (Å²) in [4.78, 5) is 4.41. The fourth-order valence-corrected chi connectivity index (χ4v) is 2.28. The molecule has 2 atom stereocenters. The molecule has 2 aromatic rings. The zero-order valence-corrected chi connectivity index (χ0v) is 11.3. The summed E-state index contributed by atoms with van der Waals surface area (Å²) in [6.07, 6.45) is 0.601. The number of aromatic nitrogens is 2. The molecule has 3 rings (SSSR count). The molecule has 0 spiro atoms. The van der Waals surface area contributed by atoms with Crippen LogP contribution < -0.4 is 10.5 Å². The van der Waals surface area contributed by atoms with E-state index in [1.165, 1.54) is 0 Å². The van der Waals surface area contributed by atoms with Crippen molar-refractivity contribution in [3.05, 3.63) is 41.5 Å². The van der Waals surface area contributed by atoms with Crippen molar-refractivity contribution in [3.63, 3.8) is 0 Å². The Balaban J connectivity index is 1.73. The fraction of sp³-hybridized carbons (Fsp3) is 0.429. The Morgan fingerprint density at radius 1 is 1.40 bits per heavy atom. The second-order valence-electron chi connectivity index (χ2n) is 4.88. The van der Waals surface area contributed by atoms with Crippen molar-refractivity contribution < 1.29 is 14.0 Å². The van der Waals surface area contributed by atoms with Crippen molar-refractivity contribution in [2.24, 2.45) is 5.73 Å². The first kappa shape index (κ1) is 13.1. The van der Waals surface area contributed by atoms with Crippen molar-refractivity contribution in [2.75, 3.05) is 20.3 Å². The maximum atomic E-state index is 5.94. The third-order valence-electron chi connectivity index (χ3n) is 3.42. The number of hydrogen-bond donors (Lipinski definition) is 1. The first-order valence-electron chi connectivity index (χ1n) is 6.55. The summed E-state index contributed by atoms with van der Waals surface area (Å²) in [6.45, 7) is 1.08. The van der Waals surface area contributed by atoms with E-state index in [-0.39, 0.29) is 12.0 Å². The van der Waals surface area contributed by atoms with Gasteiger partial charge in [0.2, 0.25) is 5.89 Å². The highest BCUT2D eigenvalue weighted by Gasteiger charge is 2.31. The minimum absolute atomic E-state index is 0.00144. The molecule has 2 heterocycles. The van der Waals surface area contributed by atoms with Gasteiger partial charge in [0, 0.05) is 12.5 Å². The molecular formula is C14H17N3O3. The van der Waals surface area contributed by atoms with Crippen LogP contribution in [0.15, 0.2) is 28.8 Å². The minimum atomic E-state index is -0.0693. The molecule has 1 aromatic carbocycles.